The van der Waals surface area contributed by atoms with E-state index in [0.29, 0.717) is 5.56 Å². The van der Waals surface area contributed by atoms with Crippen LogP contribution in [0.15, 0.2) is 36.4 Å². The molecule has 0 aliphatic rings. The van der Waals surface area contributed by atoms with Crippen molar-refractivity contribution < 1.29 is 0 Å². The number of nitriles is 1. The van der Waals surface area contributed by atoms with Crippen molar-refractivity contribution in [1.82, 2.24) is 9.55 Å². The van der Waals surface area contributed by atoms with Crippen LogP contribution in [0.3, 0.4) is 0 Å². The van der Waals surface area contributed by atoms with Gasteiger partial charge in [0.1, 0.15) is 5.82 Å². The second-order valence-corrected chi connectivity index (χ2v) is 6.01. The first-order valence-corrected chi connectivity index (χ1v) is 7.89. The van der Waals surface area contributed by atoms with Crippen LogP contribution in [0.4, 0.5) is 0 Å². The summed E-state index contributed by atoms with van der Waals surface area (Å²) in [7, 11) is 0. The second-order valence-electron chi connectivity index (χ2n) is 4.93. The van der Waals surface area contributed by atoms with Gasteiger partial charge in [-0.2, -0.15) is 5.26 Å². The Morgan fingerprint density at radius 3 is 2.81 bits per heavy atom. The maximum Gasteiger partial charge on any atom is 0.142 e. The number of nitrogens with zero attached hydrogens (tertiary/aromatic N) is 3. The van der Waals surface area contributed by atoms with Crippen LogP contribution in [0.5, 0.6) is 0 Å². The van der Waals surface area contributed by atoms with Gasteiger partial charge in [-0.15, -0.1) is 0 Å². The first-order valence-electron chi connectivity index (χ1n) is 6.81. The van der Waals surface area contributed by atoms with Gasteiger partial charge in [-0.05, 0) is 60.2 Å². The van der Waals surface area contributed by atoms with Crippen LogP contribution in [0.25, 0.3) is 22.4 Å². The Hall–Kier alpha value is -1.87. The van der Waals surface area contributed by atoms with E-state index in [1.54, 1.807) is 0 Å². The van der Waals surface area contributed by atoms with Crippen molar-refractivity contribution in [3.05, 3.63) is 51.1 Å². The third-order valence-corrected chi connectivity index (χ3v) is 5.06. The van der Waals surface area contributed by atoms with Crippen LogP contribution < -0.4 is 0 Å². The second kappa shape index (κ2) is 5.49. The van der Waals surface area contributed by atoms with Gasteiger partial charge >= 0.3 is 0 Å². The highest BCUT2D eigenvalue weighted by molar-refractivity contribution is 14.1. The first-order chi connectivity index (χ1) is 10.2. The van der Waals surface area contributed by atoms with Gasteiger partial charge in [0, 0.05) is 15.7 Å². The van der Waals surface area contributed by atoms with Gasteiger partial charge < -0.3 is 4.57 Å². The van der Waals surface area contributed by atoms with Gasteiger partial charge in [0.15, 0.2) is 0 Å². The maximum absolute atomic E-state index is 9.04. The van der Waals surface area contributed by atoms with Crippen molar-refractivity contribution in [2.45, 2.75) is 20.4 Å². The average Bonchev–Trinajstić information content (AvgIpc) is 2.87. The highest BCUT2D eigenvalue weighted by atomic mass is 127. The highest BCUT2D eigenvalue weighted by Crippen LogP contribution is 2.30. The Kier molecular flexibility index (Phi) is 3.68. The summed E-state index contributed by atoms with van der Waals surface area (Å²) in [4.78, 5) is 4.77. The van der Waals surface area contributed by atoms with E-state index in [4.69, 9.17) is 10.2 Å². The molecule has 0 spiro atoms. The van der Waals surface area contributed by atoms with Gasteiger partial charge in [-0.1, -0.05) is 18.2 Å². The number of aromatic nitrogens is 2. The monoisotopic (exact) mass is 387 g/mol. The molecule has 1 heterocycles. The molecule has 0 atom stereocenters. The minimum atomic E-state index is 0.647. The Morgan fingerprint density at radius 2 is 2.10 bits per heavy atom. The molecule has 0 radical (unpaired) electrons. The van der Waals surface area contributed by atoms with E-state index in [1.165, 1.54) is 9.13 Å². The molecule has 0 N–H and O–H groups in total. The molecule has 0 saturated carbocycles. The molecular weight excluding hydrogens is 373 g/mol. The Morgan fingerprint density at radius 1 is 1.29 bits per heavy atom. The lowest BCUT2D eigenvalue weighted by Gasteiger charge is -2.09. The van der Waals surface area contributed by atoms with Crippen LogP contribution in [0.2, 0.25) is 0 Å². The molecule has 0 amide bonds. The SMILES string of the molecule is CCn1c(-c2cccc(C)c2I)nc2cc(C#N)ccc21. The highest BCUT2D eigenvalue weighted by Gasteiger charge is 2.15. The van der Waals surface area contributed by atoms with E-state index in [-0.39, 0.29) is 0 Å². The van der Waals surface area contributed by atoms with Gasteiger partial charge in [-0.3, -0.25) is 0 Å². The molecule has 3 nitrogen and oxygen atoms in total. The molecule has 1 aromatic heterocycles. The number of hydrogen-bond donors (Lipinski definition) is 0. The lowest BCUT2D eigenvalue weighted by molar-refractivity contribution is 0.796. The van der Waals surface area contributed by atoms with Crippen molar-refractivity contribution >= 4 is 33.6 Å². The minimum Gasteiger partial charge on any atom is -0.324 e. The molecule has 0 bridgehead atoms. The van der Waals surface area contributed by atoms with E-state index in [9.17, 15) is 0 Å². The molecule has 2 aromatic carbocycles. The third-order valence-electron chi connectivity index (χ3n) is 3.63. The quantitative estimate of drug-likeness (QED) is 0.608. The Balaban J connectivity index is 2.32. The fraction of sp³-hybridized carbons (Fsp3) is 0.176. The third kappa shape index (κ3) is 2.32. The fourth-order valence-electron chi connectivity index (χ4n) is 2.55. The molecule has 3 aromatic rings. The molecule has 0 saturated heterocycles. The molecule has 4 heteroatoms. The van der Waals surface area contributed by atoms with Crippen LogP contribution in [-0.2, 0) is 6.54 Å². The predicted octanol–water partition coefficient (Wildman–Crippen LogP) is 4.51. The molecule has 3 rings (SSSR count). The van der Waals surface area contributed by atoms with E-state index in [2.05, 4.69) is 65.3 Å². The molecule has 0 aliphatic carbocycles. The number of halogens is 1. The number of benzene rings is 2. The number of imidazole rings is 1. The number of rotatable bonds is 2. The lowest BCUT2D eigenvalue weighted by atomic mass is 10.1. The van der Waals surface area contributed by atoms with Crippen LogP contribution >= 0.6 is 22.6 Å². The summed E-state index contributed by atoms with van der Waals surface area (Å²) in [5.41, 5.74) is 4.99. The summed E-state index contributed by atoms with van der Waals surface area (Å²) in [5.74, 6) is 0.968. The summed E-state index contributed by atoms with van der Waals surface area (Å²) in [5, 5.41) is 9.04. The summed E-state index contributed by atoms with van der Waals surface area (Å²) < 4.78 is 3.42. The summed E-state index contributed by atoms with van der Waals surface area (Å²) in [6.45, 7) is 5.07. The van der Waals surface area contributed by atoms with E-state index < -0.39 is 0 Å². The maximum atomic E-state index is 9.04. The van der Waals surface area contributed by atoms with E-state index in [1.807, 2.05) is 18.2 Å². The first kappa shape index (κ1) is 14.1. The van der Waals surface area contributed by atoms with Crippen molar-refractivity contribution in [2.75, 3.05) is 0 Å². The van der Waals surface area contributed by atoms with Crippen LogP contribution in [0.1, 0.15) is 18.1 Å². The molecule has 0 unspecified atom stereocenters. The summed E-state index contributed by atoms with van der Waals surface area (Å²) in [6.07, 6.45) is 0. The number of hydrogen-bond acceptors (Lipinski definition) is 2. The fourth-order valence-corrected chi connectivity index (χ4v) is 3.15. The molecule has 0 fully saturated rings. The standard InChI is InChI=1S/C17H14IN3/c1-3-21-15-8-7-12(10-19)9-14(15)20-17(21)13-6-4-5-11(2)16(13)18/h4-9H,3H2,1-2H3. The zero-order valence-electron chi connectivity index (χ0n) is 11.9. The smallest absolute Gasteiger partial charge is 0.142 e. The largest absolute Gasteiger partial charge is 0.324 e. The summed E-state index contributed by atoms with van der Waals surface area (Å²) in [6, 6.07) is 14.1. The molecule has 104 valence electrons. The zero-order chi connectivity index (χ0) is 15.0. The molecule has 21 heavy (non-hydrogen) atoms. The van der Waals surface area contributed by atoms with Crippen molar-refractivity contribution in [2.24, 2.45) is 0 Å². The topological polar surface area (TPSA) is 41.6 Å². The molecular formula is C17H14IN3. The van der Waals surface area contributed by atoms with Crippen molar-refractivity contribution in [3.63, 3.8) is 0 Å². The lowest BCUT2D eigenvalue weighted by Crippen LogP contribution is -1.99. The van der Waals surface area contributed by atoms with E-state index >= 15 is 0 Å². The zero-order valence-corrected chi connectivity index (χ0v) is 14.0. The Bertz CT molecular complexity index is 872. The van der Waals surface area contributed by atoms with Gasteiger partial charge in [0.25, 0.3) is 0 Å². The average molecular weight is 387 g/mol. The normalized spacial score (nSPS) is 10.8. The minimum absolute atomic E-state index is 0.647. The number of fused-ring (bicyclic) bond motifs is 1. The predicted molar refractivity (Wildman–Crippen MR) is 93.0 cm³/mol. The van der Waals surface area contributed by atoms with Crippen LogP contribution in [0, 0.1) is 21.8 Å². The van der Waals surface area contributed by atoms with Gasteiger partial charge in [0.05, 0.1) is 22.7 Å². The Labute approximate surface area is 137 Å². The summed E-state index contributed by atoms with van der Waals surface area (Å²) >= 11 is 2.37. The van der Waals surface area contributed by atoms with Crippen molar-refractivity contribution in [1.29, 1.82) is 5.26 Å². The van der Waals surface area contributed by atoms with Crippen molar-refractivity contribution in [3.8, 4) is 17.5 Å². The van der Waals surface area contributed by atoms with Gasteiger partial charge in [-0.25, -0.2) is 4.98 Å². The van der Waals surface area contributed by atoms with Gasteiger partial charge in [0.2, 0.25) is 0 Å². The van der Waals surface area contributed by atoms with E-state index in [0.717, 1.165) is 29.0 Å². The van der Waals surface area contributed by atoms with Crippen LogP contribution in [-0.4, -0.2) is 9.55 Å². The molecule has 0 aliphatic heterocycles. The number of aryl methyl sites for hydroxylation is 2.